The molecule has 0 bridgehead atoms. The molecule has 50 valence electrons. The van der Waals surface area contributed by atoms with Gasteiger partial charge in [0, 0.05) is 12.7 Å². The Labute approximate surface area is 54.5 Å². The largest absolute Gasteiger partial charge is 0.329 e. The molecule has 1 heterocycles. The fraction of sp³-hybridized carbons (Fsp3) is 0.500. The molecular weight excluding hydrogens is 114 g/mol. The highest BCUT2D eigenvalue weighted by Gasteiger charge is 1.88. The van der Waals surface area contributed by atoms with Crippen LogP contribution < -0.4 is 5.73 Å². The minimum atomic E-state index is 0.654. The summed E-state index contributed by atoms with van der Waals surface area (Å²) >= 11 is 0. The summed E-state index contributed by atoms with van der Waals surface area (Å²) in [7, 11) is 0. The fourth-order valence-electron chi connectivity index (χ4n) is 0.722. The van der Waals surface area contributed by atoms with Crippen LogP contribution in [0.2, 0.25) is 0 Å². The van der Waals surface area contributed by atoms with Crippen molar-refractivity contribution in [3.8, 4) is 0 Å². The molecular formula is C6H11N3. The van der Waals surface area contributed by atoms with Gasteiger partial charge in [0.15, 0.2) is 0 Å². The average molecular weight is 125 g/mol. The molecule has 0 aliphatic heterocycles. The molecule has 3 nitrogen and oxygen atoms in total. The number of aryl methyl sites for hydroxylation is 1. The van der Waals surface area contributed by atoms with Gasteiger partial charge in [-0.1, -0.05) is 0 Å². The first kappa shape index (κ1) is 6.29. The van der Waals surface area contributed by atoms with Crippen LogP contribution in [-0.4, -0.2) is 16.3 Å². The van der Waals surface area contributed by atoms with Gasteiger partial charge in [-0.3, -0.25) is 4.68 Å². The molecule has 0 unspecified atom stereocenters. The minimum Gasteiger partial charge on any atom is -0.329 e. The Morgan fingerprint density at radius 2 is 2.56 bits per heavy atom. The molecule has 1 rings (SSSR count). The van der Waals surface area contributed by atoms with E-state index in [4.69, 9.17) is 5.73 Å². The summed E-state index contributed by atoms with van der Waals surface area (Å²) in [5.74, 6) is 0. The van der Waals surface area contributed by atoms with Crippen LogP contribution in [0, 0.1) is 6.92 Å². The maximum absolute atomic E-state index is 5.31. The quantitative estimate of drug-likeness (QED) is 0.611. The summed E-state index contributed by atoms with van der Waals surface area (Å²) < 4.78 is 1.84. The van der Waals surface area contributed by atoms with Crippen LogP contribution in [0.1, 0.15) is 5.56 Å². The zero-order valence-corrected chi connectivity index (χ0v) is 5.54. The van der Waals surface area contributed by atoms with Gasteiger partial charge < -0.3 is 5.73 Å². The smallest absolute Gasteiger partial charge is 0.0531 e. The van der Waals surface area contributed by atoms with E-state index in [2.05, 4.69) is 5.10 Å². The highest BCUT2D eigenvalue weighted by molar-refractivity contribution is 4.99. The molecule has 2 N–H and O–H groups in total. The van der Waals surface area contributed by atoms with Crippen LogP contribution in [0.25, 0.3) is 0 Å². The summed E-state index contributed by atoms with van der Waals surface area (Å²) in [6.07, 6.45) is 3.81. The Morgan fingerprint density at radius 1 is 1.78 bits per heavy atom. The molecule has 0 amide bonds. The molecule has 0 aliphatic carbocycles. The lowest BCUT2D eigenvalue weighted by molar-refractivity contribution is 0.625. The molecule has 1 aromatic rings. The van der Waals surface area contributed by atoms with Crippen LogP contribution in [0.3, 0.4) is 0 Å². The van der Waals surface area contributed by atoms with Crippen molar-refractivity contribution >= 4 is 0 Å². The highest BCUT2D eigenvalue weighted by Crippen LogP contribution is 1.91. The zero-order chi connectivity index (χ0) is 6.69. The van der Waals surface area contributed by atoms with E-state index in [-0.39, 0.29) is 0 Å². The lowest BCUT2D eigenvalue weighted by Crippen LogP contribution is -2.09. The summed E-state index contributed by atoms with van der Waals surface area (Å²) in [5.41, 5.74) is 6.49. The second-order valence-electron chi connectivity index (χ2n) is 2.07. The van der Waals surface area contributed by atoms with E-state index in [9.17, 15) is 0 Å². The van der Waals surface area contributed by atoms with Crippen molar-refractivity contribution < 1.29 is 0 Å². The molecule has 1 aromatic heterocycles. The highest BCUT2D eigenvalue weighted by atomic mass is 15.3. The SMILES string of the molecule is Cc1cnn(CCN)c1. The van der Waals surface area contributed by atoms with Crippen molar-refractivity contribution in [3.05, 3.63) is 18.0 Å². The number of aromatic nitrogens is 2. The van der Waals surface area contributed by atoms with Gasteiger partial charge in [0.25, 0.3) is 0 Å². The average Bonchev–Trinajstić information content (AvgIpc) is 2.17. The minimum absolute atomic E-state index is 0.654. The summed E-state index contributed by atoms with van der Waals surface area (Å²) in [4.78, 5) is 0. The van der Waals surface area contributed by atoms with Gasteiger partial charge >= 0.3 is 0 Å². The first-order valence-electron chi connectivity index (χ1n) is 3.02. The van der Waals surface area contributed by atoms with E-state index in [1.165, 1.54) is 5.56 Å². The first-order valence-corrected chi connectivity index (χ1v) is 3.02. The molecule has 0 aliphatic rings. The van der Waals surface area contributed by atoms with Crippen LogP contribution in [-0.2, 0) is 6.54 Å². The van der Waals surface area contributed by atoms with Gasteiger partial charge in [0.1, 0.15) is 0 Å². The normalized spacial score (nSPS) is 10.0. The van der Waals surface area contributed by atoms with E-state index in [0.717, 1.165) is 6.54 Å². The van der Waals surface area contributed by atoms with Gasteiger partial charge in [-0.2, -0.15) is 5.10 Å². The standard InChI is InChI=1S/C6H11N3/c1-6-4-8-9(5-6)3-2-7/h4-5H,2-3,7H2,1H3. The third-order valence-corrected chi connectivity index (χ3v) is 1.12. The van der Waals surface area contributed by atoms with Crippen LogP contribution in [0.15, 0.2) is 12.4 Å². The summed E-state index contributed by atoms with van der Waals surface area (Å²) in [5, 5.41) is 4.04. The molecule has 0 spiro atoms. The Balaban J connectivity index is 2.61. The topological polar surface area (TPSA) is 43.8 Å². The number of rotatable bonds is 2. The second-order valence-corrected chi connectivity index (χ2v) is 2.07. The van der Waals surface area contributed by atoms with E-state index in [1.807, 2.05) is 24.0 Å². The van der Waals surface area contributed by atoms with Gasteiger partial charge in [0.05, 0.1) is 12.7 Å². The van der Waals surface area contributed by atoms with Crippen molar-refractivity contribution in [1.29, 1.82) is 0 Å². The molecule has 0 aromatic carbocycles. The molecule has 3 heteroatoms. The predicted molar refractivity (Wildman–Crippen MR) is 36.0 cm³/mol. The van der Waals surface area contributed by atoms with Crippen molar-refractivity contribution in [3.63, 3.8) is 0 Å². The summed E-state index contributed by atoms with van der Waals surface area (Å²) in [6, 6.07) is 0. The molecule has 0 saturated carbocycles. The van der Waals surface area contributed by atoms with Gasteiger partial charge in [-0.15, -0.1) is 0 Å². The van der Waals surface area contributed by atoms with Crippen molar-refractivity contribution in [1.82, 2.24) is 9.78 Å². The number of hydrogen-bond acceptors (Lipinski definition) is 2. The predicted octanol–water partition coefficient (Wildman–Crippen LogP) is 0.150. The molecule has 0 radical (unpaired) electrons. The third kappa shape index (κ3) is 1.54. The maximum Gasteiger partial charge on any atom is 0.0531 e. The van der Waals surface area contributed by atoms with Gasteiger partial charge in [0.2, 0.25) is 0 Å². The molecule has 9 heavy (non-hydrogen) atoms. The van der Waals surface area contributed by atoms with Crippen molar-refractivity contribution in [2.45, 2.75) is 13.5 Å². The molecule has 0 saturated heterocycles. The fourth-order valence-corrected chi connectivity index (χ4v) is 0.722. The van der Waals surface area contributed by atoms with E-state index < -0.39 is 0 Å². The van der Waals surface area contributed by atoms with E-state index in [0.29, 0.717) is 6.54 Å². The van der Waals surface area contributed by atoms with Crippen LogP contribution in [0.4, 0.5) is 0 Å². The third-order valence-electron chi connectivity index (χ3n) is 1.12. The van der Waals surface area contributed by atoms with Crippen molar-refractivity contribution in [2.75, 3.05) is 6.54 Å². The first-order chi connectivity index (χ1) is 4.33. The molecule has 0 atom stereocenters. The lowest BCUT2D eigenvalue weighted by atomic mass is 10.4. The Hall–Kier alpha value is -0.830. The second kappa shape index (κ2) is 2.64. The lowest BCUT2D eigenvalue weighted by Gasteiger charge is -1.93. The van der Waals surface area contributed by atoms with E-state index >= 15 is 0 Å². The van der Waals surface area contributed by atoms with Crippen molar-refractivity contribution in [2.24, 2.45) is 5.73 Å². The zero-order valence-electron chi connectivity index (χ0n) is 5.54. The van der Waals surface area contributed by atoms with E-state index in [1.54, 1.807) is 0 Å². The van der Waals surface area contributed by atoms with Gasteiger partial charge in [-0.05, 0) is 12.5 Å². The summed E-state index contributed by atoms with van der Waals surface area (Å²) in [6.45, 7) is 3.48. The number of nitrogens with zero attached hydrogens (tertiary/aromatic N) is 2. The Kier molecular flexibility index (Phi) is 1.85. The monoisotopic (exact) mass is 125 g/mol. The molecule has 0 fully saturated rings. The number of nitrogens with two attached hydrogens (primary N) is 1. The maximum atomic E-state index is 5.31. The van der Waals surface area contributed by atoms with Gasteiger partial charge in [-0.25, -0.2) is 0 Å². The van der Waals surface area contributed by atoms with Crippen LogP contribution >= 0.6 is 0 Å². The Morgan fingerprint density at radius 3 is 3.00 bits per heavy atom. The Bertz CT molecular complexity index is 180. The number of hydrogen-bond donors (Lipinski definition) is 1. The van der Waals surface area contributed by atoms with Crippen LogP contribution in [0.5, 0.6) is 0 Å².